The zero-order chi connectivity index (χ0) is 9.10. The largest absolute Gasteiger partial charge is 0.451 e. The van der Waals surface area contributed by atoms with Crippen molar-refractivity contribution in [1.29, 1.82) is 0 Å². The Morgan fingerprint density at radius 2 is 2.31 bits per heavy atom. The molecule has 1 N–H and O–H groups in total. The summed E-state index contributed by atoms with van der Waals surface area (Å²) in [6.45, 7) is 0. The Balaban J connectivity index is 1.91. The SMILES string of the molecule is O=C(NC1CCCC1)c1cocn1. The molecule has 1 saturated carbocycles. The number of rotatable bonds is 2. The molecule has 0 aromatic carbocycles. The van der Waals surface area contributed by atoms with E-state index < -0.39 is 0 Å². The fraction of sp³-hybridized carbons (Fsp3) is 0.556. The number of hydrogen-bond acceptors (Lipinski definition) is 3. The van der Waals surface area contributed by atoms with Gasteiger partial charge in [-0.05, 0) is 12.8 Å². The maximum absolute atomic E-state index is 11.4. The van der Waals surface area contributed by atoms with Gasteiger partial charge in [-0.15, -0.1) is 0 Å². The van der Waals surface area contributed by atoms with E-state index in [2.05, 4.69) is 10.3 Å². The molecule has 70 valence electrons. The summed E-state index contributed by atoms with van der Waals surface area (Å²) in [5, 5.41) is 2.92. The minimum Gasteiger partial charge on any atom is -0.451 e. The van der Waals surface area contributed by atoms with Gasteiger partial charge < -0.3 is 9.73 Å². The molecule has 0 spiro atoms. The first-order valence-corrected chi connectivity index (χ1v) is 4.55. The maximum atomic E-state index is 11.4. The zero-order valence-corrected chi connectivity index (χ0v) is 7.32. The zero-order valence-electron chi connectivity index (χ0n) is 7.32. The van der Waals surface area contributed by atoms with Crippen LogP contribution in [0.25, 0.3) is 0 Å². The Kier molecular flexibility index (Phi) is 2.29. The first-order valence-electron chi connectivity index (χ1n) is 4.55. The van der Waals surface area contributed by atoms with E-state index in [0.717, 1.165) is 12.8 Å². The number of carbonyl (C=O) groups excluding carboxylic acids is 1. The predicted octanol–water partition coefficient (Wildman–Crippen LogP) is 1.35. The summed E-state index contributed by atoms with van der Waals surface area (Å²) in [7, 11) is 0. The van der Waals surface area contributed by atoms with Gasteiger partial charge in [-0.1, -0.05) is 12.8 Å². The van der Waals surface area contributed by atoms with Gasteiger partial charge in [-0.2, -0.15) is 0 Å². The summed E-state index contributed by atoms with van der Waals surface area (Å²) < 4.78 is 4.73. The van der Waals surface area contributed by atoms with Crippen molar-refractivity contribution in [3.63, 3.8) is 0 Å². The van der Waals surface area contributed by atoms with Crippen LogP contribution in [0.2, 0.25) is 0 Å². The van der Waals surface area contributed by atoms with Crippen LogP contribution in [-0.2, 0) is 0 Å². The third-order valence-electron chi connectivity index (χ3n) is 2.36. The third-order valence-corrected chi connectivity index (χ3v) is 2.36. The van der Waals surface area contributed by atoms with Gasteiger partial charge in [0, 0.05) is 6.04 Å². The van der Waals surface area contributed by atoms with Gasteiger partial charge in [0.15, 0.2) is 12.1 Å². The van der Waals surface area contributed by atoms with Gasteiger partial charge in [0.1, 0.15) is 6.26 Å². The molecule has 0 aliphatic heterocycles. The lowest BCUT2D eigenvalue weighted by Crippen LogP contribution is -2.32. The summed E-state index contributed by atoms with van der Waals surface area (Å²) in [6.07, 6.45) is 7.23. The van der Waals surface area contributed by atoms with Crippen molar-refractivity contribution in [2.75, 3.05) is 0 Å². The van der Waals surface area contributed by atoms with E-state index in [1.807, 2.05) is 0 Å². The Labute approximate surface area is 76.3 Å². The molecule has 1 aromatic heterocycles. The van der Waals surface area contributed by atoms with Crippen LogP contribution < -0.4 is 5.32 Å². The lowest BCUT2D eigenvalue weighted by Gasteiger charge is -2.09. The lowest BCUT2D eigenvalue weighted by atomic mass is 10.2. The molecule has 1 fully saturated rings. The lowest BCUT2D eigenvalue weighted by molar-refractivity contribution is 0.0933. The second-order valence-corrected chi connectivity index (χ2v) is 3.33. The Hall–Kier alpha value is -1.32. The molecule has 1 aromatic rings. The van der Waals surface area contributed by atoms with Crippen molar-refractivity contribution in [1.82, 2.24) is 10.3 Å². The molecule has 0 bridgehead atoms. The first kappa shape index (κ1) is 8.29. The number of amides is 1. The molecule has 0 unspecified atom stereocenters. The molecule has 0 atom stereocenters. The van der Waals surface area contributed by atoms with Gasteiger partial charge in [0.05, 0.1) is 0 Å². The summed E-state index contributed by atoms with van der Waals surface area (Å²) >= 11 is 0. The van der Waals surface area contributed by atoms with Gasteiger partial charge in [0.2, 0.25) is 0 Å². The molecule has 1 heterocycles. The topological polar surface area (TPSA) is 55.1 Å². The molecular formula is C9H12N2O2. The van der Waals surface area contributed by atoms with Crippen molar-refractivity contribution in [3.8, 4) is 0 Å². The van der Waals surface area contributed by atoms with E-state index in [1.54, 1.807) is 0 Å². The highest BCUT2D eigenvalue weighted by molar-refractivity contribution is 5.92. The molecular weight excluding hydrogens is 168 g/mol. The van der Waals surface area contributed by atoms with Crippen LogP contribution in [0.1, 0.15) is 36.2 Å². The molecule has 0 radical (unpaired) electrons. The van der Waals surface area contributed by atoms with Crippen molar-refractivity contribution in [2.24, 2.45) is 0 Å². The highest BCUT2D eigenvalue weighted by Crippen LogP contribution is 2.17. The van der Waals surface area contributed by atoms with Crippen molar-refractivity contribution in [3.05, 3.63) is 18.4 Å². The van der Waals surface area contributed by atoms with E-state index >= 15 is 0 Å². The number of oxazole rings is 1. The fourth-order valence-electron chi connectivity index (χ4n) is 1.65. The highest BCUT2D eigenvalue weighted by atomic mass is 16.3. The average molecular weight is 180 g/mol. The molecule has 1 amide bonds. The minimum absolute atomic E-state index is 0.124. The van der Waals surface area contributed by atoms with E-state index in [-0.39, 0.29) is 5.91 Å². The predicted molar refractivity (Wildman–Crippen MR) is 46.2 cm³/mol. The quantitative estimate of drug-likeness (QED) is 0.747. The van der Waals surface area contributed by atoms with Crippen LogP contribution >= 0.6 is 0 Å². The monoisotopic (exact) mass is 180 g/mol. The number of carbonyl (C=O) groups is 1. The van der Waals surface area contributed by atoms with Crippen LogP contribution in [0, 0.1) is 0 Å². The van der Waals surface area contributed by atoms with Gasteiger partial charge in [-0.25, -0.2) is 4.98 Å². The number of nitrogens with zero attached hydrogens (tertiary/aromatic N) is 1. The summed E-state index contributed by atoms with van der Waals surface area (Å²) in [5.41, 5.74) is 0.368. The van der Waals surface area contributed by atoms with E-state index in [4.69, 9.17) is 4.42 Å². The molecule has 1 aliphatic rings. The van der Waals surface area contributed by atoms with Gasteiger partial charge >= 0.3 is 0 Å². The standard InChI is InChI=1S/C9H12N2O2/c12-9(8-5-13-6-10-8)11-7-3-1-2-4-7/h5-7H,1-4H2,(H,11,12). The molecule has 1 aliphatic carbocycles. The van der Waals surface area contributed by atoms with Gasteiger partial charge in [0.25, 0.3) is 5.91 Å². The molecule has 0 saturated heterocycles. The molecule has 4 heteroatoms. The fourth-order valence-corrected chi connectivity index (χ4v) is 1.65. The van der Waals surface area contributed by atoms with Crippen molar-refractivity contribution < 1.29 is 9.21 Å². The van der Waals surface area contributed by atoms with Crippen LogP contribution in [0.15, 0.2) is 17.1 Å². The summed E-state index contributed by atoms with van der Waals surface area (Å²) in [6, 6.07) is 0.337. The second kappa shape index (κ2) is 3.60. The smallest absolute Gasteiger partial charge is 0.273 e. The average Bonchev–Trinajstić information content (AvgIpc) is 2.74. The molecule has 4 nitrogen and oxygen atoms in total. The summed E-state index contributed by atoms with van der Waals surface area (Å²) in [5.74, 6) is -0.124. The van der Waals surface area contributed by atoms with E-state index in [0.29, 0.717) is 11.7 Å². The van der Waals surface area contributed by atoms with Crippen LogP contribution in [-0.4, -0.2) is 16.9 Å². The number of aromatic nitrogens is 1. The van der Waals surface area contributed by atoms with Crippen LogP contribution in [0.3, 0.4) is 0 Å². The minimum atomic E-state index is -0.124. The van der Waals surface area contributed by atoms with Crippen LogP contribution in [0.5, 0.6) is 0 Å². The van der Waals surface area contributed by atoms with Crippen molar-refractivity contribution in [2.45, 2.75) is 31.7 Å². The Morgan fingerprint density at radius 1 is 1.54 bits per heavy atom. The normalized spacial score (nSPS) is 17.5. The summed E-state index contributed by atoms with van der Waals surface area (Å²) in [4.78, 5) is 15.2. The maximum Gasteiger partial charge on any atom is 0.273 e. The van der Waals surface area contributed by atoms with E-state index in [1.165, 1.54) is 25.5 Å². The second-order valence-electron chi connectivity index (χ2n) is 3.33. The molecule has 2 rings (SSSR count). The van der Waals surface area contributed by atoms with Gasteiger partial charge in [-0.3, -0.25) is 4.79 Å². The Morgan fingerprint density at radius 3 is 2.92 bits per heavy atom. The Bertz CT molecular complexity index is 276. The van der Waals surface area contributed by atoms with E-state index in [9.17, 15) is 4.79 Å². The number of nitrogens with one attached hydrogen (secondary N) is 1. The first-order chi connectivity index (χ1) is 6.36. The third kappa shape index (κ3) is 1.88. The molecule has 13 heavy (non-hydrogen) atoms. The van der Waals surface area contributed by atoms with Crippen molar-refractivity contribution >= 4 is 5.91 Å². The highest BCUT2D eigenvalue weighted by Gasteiger charge is 2.18. The van der Waals surface area contributed by atoms with Crippen LogP contribution in [0.4, 0.5) is 0 Å². The number of hydrogen-bond donors (Lipinski definition) is 1.